The van der Waals surface area contributed by atoms with Crippen LogP contribution in [0.3, 0.4) is 0 Å². The lowest BCUT2D eigenvalue weighted by Gasteiger charge is -2.21. The molecule has 0 aliphatic heterocycles. The Balaban J connectivity index is 2.25. The molecule has 0 saturated heterocycles. The van der Waals surface area contributed by atoms with E-state index in [1.165, 1.54) is 16.7 Å². The number of aryl methyl sites for hydroxylation is 1. The van der Waals surface area contributed by atoms with Crippen molar-refractivity contribution in [2.45, 2.75) is 32.7 Å². The molecule has 2 rings (SSSR count). The molecule has 1 atom stereocenters. The topological polar surface area (TPSA) is 21.3 Å². The van der Waals surface area contributed by atoms with Gasteiger partial charge in [-0.25, -0.2) is 0 Å². The average Bonchev–Trinajstić information content (AvgIpc) is 2.51. The second-order valence-corrected chi connectivity index (χ2v) is 5.44. The summed E-state index contributed by atoms with van der Waals surface area (Å²) in [6.45, 7) is 5.34. The molecule has 0 aliphatic carbocycles. The minimum atomic E-state index is 0.280. The van der Waals surface area contributed by atoms with Gasteiger partial charge in [0, 0.05) is 11.6 Å². The Bertz CT molecular complexity index is 565. The summed E-state index contributed by atoms with van der Waals surface area (Å²) < 4.78 is 5.53. The second kappa shape index (κ2) is 7.84. The van der Waals surface area contributed by atoms with Gasteiger partial charge in [0.15, 0.2) is 0 Å². The molecule has 0 heterocycles. The first-order valence-corrected chi connectivity index (χ1v) is 7.66. The normalized spacial score (nSPS) is 12.1. The molecule has 1 unspecified atom stereocenters. The Morgan fingerprint density at radius 2 is 1.90 bits per heavy atom. The number of methoxy groups -OCH3 is 1. The standard InChI is InChI=1S/C19H25NO/c1-4-12-20-18(14-16-9-7-8-15(2)13-16)17-10-5-6-11-19(17)21-3/h5-11,13,18,20H,4,12,14H2,1-3H3. The zero-order valence-corrected chi connectivity index (χ0v) is 13.2. The van der Waals surface area contributed by atoms with Crippen LogP contribution in [0.2, 0.25) is 0 Å². The van der Waals surface area contributed by atoms with E-state index in [1.807, 2.05) is 12.1 Å². The van der Waals surface area contributed by atoms with Gasteiger partial charge in [-0.1, -0.05) is 55.0 Å². The number of hydrogen-bond acceptors (Lipinski definition) is 2. The van der Waals surface area contributed by atoms with Gasteiger partial charge in [0.05, 0.1) is 7.11 Å². The summed E-state index contributed by atoms with van der Waals surface area (Å²) in [5.74, 6) is 0.957. The van der Waals surface area contributed by atoms with Crippen molar-refractivity contribution in [3.63, 3.8) is 0 Å². The van der Waals surface area contributed by atoms with Crippen LogP contribution in [0, 0.1) is 6.92 Å². The molecular formula is C19H25NO. The molecule has 21 heavy (non-hydrogen) atoms. The molecule has 0 spiro atoms. The molecule has 2 aromatic rings. The highest BCUT2D eigenvalue weighted by atomic mass is 16.5. The molecule has 0 fully saturated rings. The Morgan fingerprint density at radius 1 is 1.10 bits per heavy atom. The maximum absolute atomic E-state index is 5.53. The van der Waals surface area contributed by atoms with Gasteiger partial charge in [-0.3, -0.25) is 0 Å². The number of rotatable bonds is 7. The molecule has 0 amide bonds. The Kier molecular flexibility index (Phi) is 5.82. The lowest BCUT2D eigenvalue weighted by Crippen LogP contribution is -2.24. The molecule has 2 heteroatoms. The van der Waals surface area contributed by atoms with E-state index in [4.69, 9.17) is 4.74 Å². The van der Waals surface area contributed by atoms with Crippen molar-refractivity contribution in [1.29, 1.82) is 0 Å². The third-order valence-electron chi connectivity index (χ3n) is 3.68. The highest BCUT2D eigenvalue weighted by molar-refractivity contribution is 5.37. The summed E-state index contributed by atoms with van der Waals surface area (Å²) in [6.07, 6.45) is 2.10. The van der Waals surface area contributed by atoms with Crippen molar-refractivity contribution in [1.82, 2.24) is 5.32 Å². The second-order valence-electron chi connectivity index (χ2n) is 5.44. The lowest BCUT2D eigenvalue weighted by molar-refractivity contribution is 0.398. The van der Waals surface area contributed by atoms with Gasteiger partial charge < -0.3 is 10.1 Å². The average molecular weight is 283 g/mol. The van der Waals surface area contributed by atoms with Crippen molar-refractivity contribution in [3.8, 4) is 5.75 Å². The number of nitrogens with one attached hydrogen (secondary N) is 1. The van der Waals surface area contributed by atoms with Crippen molar-refractivity contribution in [2.75, 3.05) is 13.7 Å². The number of benzene rings is 2. The van der Waals surface area contributed by atoms with Gasteiger partial charge in [0.1, 0.15) is 5.75 Å². The van der Waals surface area contributed by atoms with Crippen LogP contribution in [0.5, 0.6) is 5.75 Å². The van der Waals surface area contributed by atoms with E-state index in [9.17, 15) is 0 Å². The van der Waals surface area contributed by atoms with Gasteiger partial charge in [-0.2, -0.15) is 0 Å². The van der Waals surface area contributed by atoms with Gasteiger partial charge in [0.25, 0.3) is 0 Å². The summed E-state index contributed by atoms with van der Waals surface area (Å²) in [6, 6.07) is 17.3. The van der Waals surface area contributed by atoms with E-state index < -0.39 is 0 Å². The monoisotopic (exact) mass is 283 g/mol. The molecule has 2 nitrogen and oxygen atoms in total. The van der Waals surface area contributed by atoms with Crippen LogP contribution in [0.1, 0.15) is 36.1 Å². The fraction of sp³-hybridized carbons (Fsp3) is 0.368. The Morgan fingerprint density at radius 3 is 2.62 bits per heavy atom. The molecule has 0 aromatic heterocycles. The molecule has 0 radical (unpaired) electrons. The molecule has 0 aliphatic rings. The first-order valence-electron chi connectivity index (χ1n) is 7.66. The Hall–Kier alpha value is -1.80. The summed E-state index contributed by atoms with van der Waals surface area (Å²) >= 11 is 0. The zero-order valence-electron chi connectivity index (χ0n) is 13.2. The fourth-order valence-corrected chi connectivity index (χ4v) is 2.64. The summed E-state index contributed by atoms with van der Waals surface area (Å²) in [5, 5.41) is 3.65. The highest BCUT2D eigenvalue weighted by Crippen LogP contribution is 2.27. The van der Waals surface area contributed by atoms with Crippen molar-refractivity contribution >= 4 is 0 Å². The molecule has 0 saturated carbocycles. The van der Waals surface area contributed by atoms with Crippen LogP contribution in [0.4, 0.5) is 0 Å². The SMILES string of the molecule is CCCNC(Cc1cccc(C)c1)c1ccccc1OC. The minimum absolute atomic E-state index is 0.280. The quantitative estimate of drug-likeness (QED) is 0.818. The predicted octanol–water partition coefficient (Wildman–Crippen LogP) is 4.29. The summed E-state index contributed by atoms with van der Waals surface area (Å²) in [5.41, 5.74) is 3.89. The van der Waals surface area contributed by atoms with Gasteiger partial charge in [0.2, 0.25) is 0 Å². The molecule has 1 N–H and O–H groups in total. The molecular weight excluding hydrogens is 258 g/mol. The number of ether oxygens (including phenoxy) is 1. The smallest absolute Gasteiger partial charge is 0.123 e. The fourth-order valence-electron chi connectivity index (χ4n) is 2.64. The van der Waals surface area contributed by atoms with Crippen LogP contribution in [-0.2, 0) is 6.42 Å². The van der Waals surface area contributed by atoms with Gasteiger partial charge in [-0.05, 0) is 37.9 Å². The molecule has 0 bridgehead atoms. The van der Waals surface area contributed by atoms with E-state index in [-0.39, 0.29) is 6.04 Å². The summed E-state index contributed by atoms with van der Waals surface area (Å²) in [4.78, 5) is 0. The first kappa shape index (κ1) is 15.6. The van der Waals surface area contributed by atoms with E-state index >= 15 is 0 Å². The third kappa shape index (κ3) is 4.33. The van der Waals surface area contributed by atoms with Crippen LogP contribution >= 0.6 is 0 Å². The largest absolute Gasteiger partial charge is 0.496 e. The van der Waals surface area contributed by atoms with Crippen molar-refractivity contribution in [2.24, 2.45) is 0 Å². The van der Waals surface area contributed by atoms with Crippen molar-refractivity contribution in [3.05, 3.63) is 65.2 Å². The maximum atomic E-state index is 5.53. The van der Waals surface area contributed by atoms with Crippen LogP contribution in [-0.4, -0.2) is 13.7 Å². The highest BCUT2D eigenvalue weighted by Gasteiger charge is 2.15. The van der Waals surface area contributed by atoms with Crippen LogP contribution in [0.15, 0.2) is 48.5 Å². The van der Waals surface area contributed by atoms with Gasteiger partial charge in [-0.15, -0.1) is 0 Å². The number of para-hydroxylation sites is 1. The minimum Gasteiger partial charge on any atom is -0.496 e. The molecule has 112 valence electrons. The van der Waals surface area contributed by atoms with E-state index in [2.05, 4.69) is 55.6 Å². The lowest BCUT2D eigenvalue weighted by atomic mass is 9.97. The first-order chi connectivity index (χ1) is 10.2. The van der Waals surface area contributed by atoms with E-state index in [0.29, 0.717) is 0 Å². The van der Waals surface area contributed by atoms with E-state index in [0.717, 1.165) is 25.1 Å². The van der Waals surface area contributed by atoms with Crippen molar-refractivity contribution < 1.29 is 4.74 Å². The van der Waals surface area contributed by atoms with E-state index in [1.54, 1.807) is 7.11 Å². The van der Waals surface area contributed by atoms with Crippen LogP contribution < -0.4 is 10.1 Å². The maximum Gasteiger partial charge on any atom is 0.123 e. The van der Waals surface area contributed by atoms with Crippen LogP contribution in [0.25, 0.3) is 0 Å². The Labute approximate surface area is 128 Å². The third-order valence-corrected chi connectivity index (χ3v) is 3.68. The molecule has 2 aromatic carbocycles. The number of hydrogen-bond donors (Lipinski definition) is 1. The summed E-state index contributed by atoms with van der Waals surface area (Å²) in [7, 11) is 1.74. The predicted molar refractivity (Wildman–Crippen MR) is 88.9 cm³/mol. The zero-order chi connectivity index (χ0) is 15.1. The van der Waals surface area contributed by atoms with Gasteiger partial charge >= 0.3 is 0 Å².